The molecular formula is C14H21BrClN3O3. The maximum atomic E-state index is 11.9. The zero-order valence-corrected chi connectivity index (χ0v) is 15.1. The van der Waals surface area contributed by atoms with E-state index in [4.69, 9.17) is 10.5 Å². The van der Waals surface area contributed by atoms with E-state index in [1.165, 1.54) is 7.11 Å². The van der Waals surface area contributed by atoms with Gasteiger partial charge in [0.1, 0.15) is 5.75 Å². The topological polar surface area (TPSA) is 93.5 Å². The molecule has 0 saturated carbocycles. The summed E-state index contributed by atoms with van der Waals surface area (Å²) in [5, 5.41) is 5.18. The quantitative estimate of drug-likeness (QED) is 0.687. The molecule has 1 aromatic rings. The SMILES string of the molecule is COc1ccc(Br)cc1NC(=O)CNC(=O)[C@@H](N)C(C)C.Cl. The Morgan fingerprint density at radius 3 is 2.55 bits per heavy atom. The lowest BCUT2D eigenvalue weighted by atomic mass is 10.1. The van der Waals surface area contributed by atoms with Gasteiger partial charge in [0.2, 0.25) is 11.8 Å². The molecule has 1 rings (SSSR count). The van der Waals surface area contributed by atoms with Crippen molar-refractivity contribution in [3.8, 4) is 5.75 Å². The van der Waals surface area contributed by atoms with Crippen LogP contribution in [-0.2, 0) is 9.59 Å². The minimum atomic E-state index is -0.627. The number of ether oxygens (including phenoxy) is 1. The van der Waals surface area contributed by atoms with Gasteiger partial charge in [-0.2, -0.15) is 0 Å². The summed E-state index contributed by atoms with van der Waals surface area (Å²) in [6, 6.07) is 4.63. The normalized spacial score (nSPS) is 11.4. The highest BCUT2D eigenvalue weighted by Crippen LogP contribution is 2.27. The van der Waals surface area contributed by atoms with Crippen molar-refractivity contribution in [1.82, 2.24) is 5.32 Å². The number of amides is 2. The maximum Gasteiger partial charge on any atom is 0.243 e. The third-order valence-electron chi connectivity index (χ3n) is 2.88. The van der Waals surface area contributed by atoms with Crippen LogP contribution in [0.25, 0.3) is 0 Å². The standard InChI is InChI=1S/C14H20BrN3O3.ClH/c1-8(2)13(16)14(20)17-7-12(19)18-10-6-9(15)4-5-11(10)21-3;/h4-6,8,13H,7,16H2,1-3H3,(H,17,20)(H,18,19);1H/t13-;/m0./s1. The van der Waals surface area contributed by atoms with Gasteiger partial charge in [0, 0.05) is 4.47 Å². The number of hydrogen-bond acceptors (Lipinski definition) is 4. The van der Waals surface area contributed by atoms with Crippen LogP contribution < -0.4 is 21.1 Å². The van der Waals surface area contributed by atoms with Crippen molar-refractivity contribution in [1.29, 1.82) is 0 Å². The molecule has 0 saturated heterocycles. The number of halogens is 2. The van der Waals surface area contributed by atoms with E-state index < -0.39 is 6.04 Å². The summed E-state index contributed by atoms with van der Waals surface area (Å²) < 4.78 is 5.96. The van der Waals surface area contributed by atoms with Crippen LogP contribution in [0.5, 0.6) is 5.75 Å². The minimum absolute atomic E-state index is 0. The summed E-state index contributed by atoms with van der Waals surface area (Å²) in [6.07, 6.45) is 0. The number of rotatable bonds is 6. The molecule has 0 bridgehead atoms. The Morgan fingerprint density at radius 1 is 1.36 bits per heavy atom. The predicted molar refractivity (Wildman–Crippen MR) is 92.4 cm³/mol. The van der Waals surface area contributed by atoms with E-state index in [-0.39, 0.29) is 36.7 Å². The molecule has 0 fully saturated rings. The van der Waals surface area contributed by atoms with Crippen molar-refractivity contribution in [2.75, 3.05) is 19.0 Å². The molecule has 0 heterocycles. The molecule has 0 radical (unpaired) electrons. The molecule has 1 aromatic carbocycles. The lowest BCUT2D eigenvalue weighted by Crippen LogP contribution is -2.46. The average molecular weight is 395 g/mol. The van der Waals surface area contributed by atoms with Crippen LogP contribution in [0, 0.1) is 5.92 Å². The first-order valence-electron chi connectivity index (χ1n) is 6.51. The fraction of sp³-hybridized carbons (Fsp3) is 0.429. The smallest absolute Gasteiger partial charge is 0.243 e. The Hall–Kier alpha value is -1.31. The average Bonchev–Trinajstić information content (AvgIpc) is 2.44. The lowest BCUT2D eigenvalue weighted by Gasteiger charge is -2.15. The number of hydrogen-bond donors (Lipinski definition) is 3. The number of carbonyl (C=O) groups excluding carboxylic acids is 2. The molecule has 4 N–H and O–H groups in total. The van der Waals surface area contributed by atoms with Crippen LogP contribution >= 0.6 is 28.3 Å². The first-order chi connectivity index (χ1) is 9.85. The van der Waals surface area contributed by atoms with E-state index in [1.54, 1.807) is 18.2 Å². The van der Waals surface area contributed by atoms with Crippen molar-refractivity contribution in [2.24, 2.45) is 11.7 Å². The first kappa shape index (κ1) is 20.7. The number of carbonyl (C=O) groups is 2. The third kappa shape index (κ3) is 6.21. The highest BCUT2D eigenvalue weighted by molar-refractivity contribution is 9.10. The van der Waals surface area contributed by atoms with Crippen LogP contribution in [0.1, 0.15) is 13.8 Å². The van der Waals surface area contributed by atoms with E-state index in [9.17, 15) is 9.59 Å². The number of benzene rings is 1. The van der Waals surface area contributed by atoms with Crippen molar-refractivity contribution < 1.29 is 14.3 Å². The predicted octanol–water partition coefficient (Wildman–Crippen LogP) is 1.92. The molecule has 0 aliphatic rings. The van der Waals surface area contributed by atoms with Gasteiger partial charge in [0.25, 0.3) is 0 Å². The van der Waals surface area contributed by atoms with Crippen LogP contribution in [0.4, 0.5) is 5.69 Å². The Kier molecular flexibility index (Phi) is 9.08. The molecule has 1 atom stereocenters. The van der Waals surface area contributed by atoms with E-state index >= 15 is 0 Å². The Bertz CT molecular complexity index is 526. The minimum Gasteiger partial charge on any atom is -0.495 e. The fourth-order valence-corrected chi connectivity index (χ4v) is 1.92. The molecule has 22 heavy (non-hydrogen) atoms. The van der Waals surface area contributed by atoms with Gasteiger partial charge >= 0.3 is 0 Å². The van der Waals surface area contributed by atoms with Gasteiger partial charge in [-0.15, -0.1) is 12.4 Å². The molecule has 6 nitrogen and oxygen atoms in total. The van der Waals surface area contributed by atoms with Crippen molar-refractivity contribution in [3.63, 3.8) is 0 Å². The van der Waals surface area contributed by atoms with Crippen molar-refractivity contribution in [2.45, 2.75) is 19.9 Å². The Balaban J connectivity index is 0.00000441. The van der Waals surface area contributed by atoms with Gasteiger partial charge in [-0.3, -0.25) is 9.59 Å². The molecule has 124 valence electrons. The van der Waals surface area contributed by atoms with E-state index in [2.05, 4.69) is 26.6 Å². The van der Waals surface area contributed by atoms with E-state index in [0.29, 0.717) is 11.4 Å². The van der Waals surface area contributed by atoms with E-state index in [1.807, 2.05) is 13.8 Å². The van der Waals surface area contributed by atoms with Crippen molar-refractivity contribution in [3.05, 3.63) is 22.7 Å². The monoisotopic (exact) mass is 393 g/mol. The molecule has 2 amide bonds. The van der Waals surface area contributed by atoms with Gasteiger partial charge in [-0.25, -0.2) is 0 Å². The van der Waals surface area contributed by atoms with Crippen LogP contribution in [0.15, 0.2) is 22.7 Å². The van der Waals surface area contributed by atoms with Crippen LogP contribution in [0.2, 0.25) is 0 Å². The number of anilines is 1. The van der Waals surface area contributed by atoms with Gasteiger partial charge in [0.05, 0.1) is 25.4 Å². The molecule has 0 aliphatic heterocycles. The number of nitrogens with one attached hydrogen (secondary N) is 2. The summed E-state index contributed by atoms with van der Waals surface area (Å²) in [4.78, 5) is 23.5. The molecule has 0 aromatic heterocycles. The molecule has 0 spiro atoms. The summed E-state index contributed by atoms with van der Waals surface area (Å²) in [5.41, 5.74) is 6.22. The zero-order valence-electron chi connectivity index (χ0n) is 12.7. The third-order valence-corrected chi connectivity index (χ3v) is 3.37. The van der Waals surface area contributed by atoms with E-state index in [0.717, 1.165) is 4.47 Å². The second kappa shape index (κ2) is 9.66. The molecule has 8 heteroatoms. The fourth-order valence-electron chi connectivity index (χ4n) is 1.56. The summed E-state index contributed by atoms with van der Waals surface area (Å²) in [6.45, 7) is 3.54. The van der Waals surface area contributed by atoms with Gasteiger partial charge in [0.15, 0.2) is 0 Å². The summed E-state index contributed by atoms with van der Waals surface area (Å²) in [5.74, 6) is -0.146. The molecule has 0 unspecified atom stereocenters. The molecule has 0 aliphatic carbocycles. The highest BCUT2D eigenvalue weighted by atomic mass is 79.9. The van der Waals surface area contributed by atoms with Crippen LogP contribution in [0.3, 0.4) is 0 Å². The van der Waals surface area contributed by atoms with Gasteiger partial charge in [-0.1, -0.05) is 29.8 Å². The van der Waals surface area contributed by atoms with Gasteiger partial charge in [-0.05, 0) is 24.1 Å². The highest BCUT2D eigenvalue weighted by Gasteiger charge is 2.18. The van der Waals surface area contributed by atoms with Crippen molar-refractivity contribution >= 4 is 45.8 Å². The Morgan fingerprint density at radius 2 is 2.00 bits per heavy atom. The maximum absolute atomic E-state index is 11.9. The zero-order chi connectivity index (χ0) is 16.0. The number of methoxy groups -OCH3 is 1. The van der Waals surface area contributed by atoms with Crippen LogP contribution in [-0.4, -0.2) is 31.5 Å². The lowest BCUT2D eigenvalue weighted by molar-refractivity contribution is -0.125. The Labute approximate surface area is 144 Å². The summed E-state index contributed by atoms with van der Waals surface area (Å²) in [7, 11) is 1.52. The second-order valence-electron chi connectivity index (χ2n) is 4.88. The first-order valence-corrected chi connectivity index (χ1v) is 7.31. The van der Waals surface area contributed by atoms with Gasteiger partial charge < -0.3 is 21.1 Å². The number of nitrogens with two attached hydrogens (primary N) is 1. The largest absolute Gasteiger partial charge is 0.495 e. The molecular weight excluding hydrogens is 374 g/mol. The summed E-state index contributed by atoms with van der Waals surface area (Å²) >= 11 is 3.32. The second-order valence-corrected chi connectivity index (χ2v) is 5.80.